The first kappa shape index (κ1) is 25.4. The van der Waals surface area contributed by atoms with E-state index in [0.717, 1.165) is 47.8 Å². The summed E-state index contributed by atoms with van der Waals surface area (Å²) >= 11 is 1.53. The van der Waals surface area contributed by atoms with Crippen molar-refractivity contribution in [2.24, 2.45) is 5.92 Å². The smallest absolute Gasteiger partial charge is 0.257 e. The first-order chi connectivity index (χ1) is 18.0. The normalized spacial score (nSPS) is 16.6. The fourth-order valence-electron chi connectivity index (χ4n) is 5.06. The Kier molecular flexibility index (Phi) is 7.81. The van der Waals surface area contributed by atoms with Gasteiger partial charge in [0.05, 0.1) is 47.0 Å². The van der Waals surface area contributed by atoms with Crippen LogP contribution in [0.3, 0.4) is 0 Å². The van der Waals surface area contributed by atoms with Crippen LogP contribution in [0.4, 0.5) is 5.69 Å². The van der Waals surface area contributed by atoms with Gasteiger partial charge in [-0.2, -0.15) is 0 Å². The standard InChI is InChI=1S/C28H33N5O3S/c1-32-9-11-33(12-10-32)28(35)22-8-7-20(14-25(22)36-2)23-16-29-17-24(31-23)26-15-21(18-37-26)30-27(34)13-19-5-3-4-6-19/h7-8,14-19H,3-6,9-13H2,1-2H3,(H,30,34). The highest BCUT2D eigenvalue weighted by Gasteiger charge is 2.24. The van der Waals surface area contributed by atoms with E-state index >= 15 is 0 Å². The van der Waals surface area contributed by atoms with Crippen LogP contribution in [0.2, 0.25) is 0 Å². The number of nitrogens with zero attached hydrogens (tertiary/aromatic N) is 4. The van der Waals surface area contributed by atoms with Crippen molar-refractivity contribution in [2.45, 2.75) is 32.1 Å². The quantitative estimate of drug-likeness (QED) is 0.483. The van der Waals surface area contributed by atoms with Crippen molar-refractivity contribution in [1.29, 1.82) is 0 Å². The van der Waals surface area contributed by atoms with Crippen LogP contribution in [0.25, 0.3) is 21.8 Å². The molecule has 0 bridgehead atoms. The van der Waals surface area contributed by atoms with Gasteiger partial charge in [-0.25, -0.2) is 4.98 Å². The van der Waals surface area contributed by atoms with Gasteiger partial charge >= 0.3 is 0 Å². The van der Waals surface area contributed by atoms with E-state index in [-0.39, 0.29) is 11.8 Å². The van der Waals surface area contributed by atoms with Crippen LogP contribution in [0.5, 0.6) is 5.75 Å². The SMILES string of the molecule is COc1cc(-c2cncc(-c3cc(NC(=O)CC4CCCC4)cs3)n2)ccc1C(=O)N1CCN(C)CC1. The number of amides is 2. The first-order valence-electron chi connectivity index (χ1n) is 12.9. The van der Waals surface area contributed by atoms with Crippen molar-refractivity contribution in [3.8, 4) is 27.6 Å². The van der Waals surface area contributed by atoms with Gasteiger partial charge in [0.1, 0.15) is 5.75 Å². The molecule has 1 aliphatic carbocycles. The average molecular weight is 520 g/mol. The predicted molar refractivity (Wildman–Crippen MR) is 146 cm³/mol. The fourth-order valence-corrected chi connectivity index (χ4v) is 5.85. The van der Waals surface area contributed by atoms with Crippen LogP contribution in [-0.2, 0) is 4.79 Å². The monoisotopic (exact) mass is 519 g/mol. The van der Waals surface area contributed by atoms with Gasteiger partial charge in [-0.1, -0.05) is 18.9 Å². The number of hydrogen-bond donors (Lipinski definition) is 1. The molecule has 2 amide bonds. The van der Waals surface area contributed by atoms with Crippen molar-refractivity contribution >= 4 is 28.8 Å². The molecule has 5 rings (SSSR count). The summed E-state index contributed by atoms with van der Waals surface area (Å²) in [6, 6.07) is 7.50. The van der Waals surface area contributed by atoms with Crippen LogP contribution in [0, 0.1) is 5.92 Å². The third kappa shape index (κ3) is 5.99. The molecule has 1 aliphatic heterocycles. The van der Waals surface area contributed by atoms with E-state index in [0.29, 0.717) is 42.4 Å². The molecule has 1 saturated heterocycles. The van der Waals surface area contributed by atoms with Gasteiger partial charge in [0.25, 0.3) is 5.91 Å². The Balaban J connectivity index is 1.30. The van der Waals surface area contributed by atoms with Gasteiger partial charge < -0.3 is 19.9 Å². The summed E-state index contributed by atoms with van der Waals surface area (Å²) in [5.41, 5.74) is 3.59. The minimum Gasteiger partial charge on any atom is -0.496 e. The lowest BCUT2D eigenvalue weighted by Gasteiger charge is -2.32. The number of likely N-dealkylation sites (N-methyl/N-ethyl adjacent to an activating group) is 1. The second-order valence-corrected chi connectivity index (χ2v) is 10.8. The number of rotatable bonds is 7. The zero-order valence-corrected chi connectivity index (χ0v) is 22.2. The maximum Gasteiger partial charge on any atom is 0.257 e. The summed E-state index contributed by atoms with van der Waals surface area (Å²) in [5.74, 6) is 1.10. The van der Waals surface area contributed by atoms with E-state index in [1.807, 2.05) is 34.5 Å². The Morgan fingerprint density at radius 3 is 2.59 bits per heavy atom. The number of carbonyl (C=O) groups is 2. The number of methoxy groups -OCH3 is 1. The summed E-state index contributed by atoms with van der Waals surface area (Å²) in [5, 5.41) is 4.98. The largest absolute Gasteiger partial charge is 0.496 e. The highest BCUT2D eigenvalue weighted by Crippen LogP contribution is 2.32. The van der Waals surface area contributed by atoms with Crippen molar-refractivity contribution < 1.29 is 14.3 Å². The fraction of sp³-hybridized carbons (Fsp3) is 0.429. The molecule has 194 valence electrons. The molecule has 2 fully saturated rings. The average Bonchev–Trinajstić information content (AvgIpc) is 3.61. The van der Waals surface area contributed by atoms with Gasteiger partial charge in [0.15, 0.2) is 0 Å². The Morgan fingerprint density at radius 1 is 1.08 bits per heavy atom. The van der Waals surface area contributed by atoms with E-state index in [4.69, 9.17) is 9.72 Å². The van der Waals surface area contributed by atoms with E-state index in [2.05, 4.69) is 22.2 Å². The Hall–Kier alpha value is -3.30. The highest BCUT2D eigenvalue weighted by molar-refractivity contribution is 7.14. The topological polar surface area (TPSA) is 87.7 Å². The van der Waals surface area contributed by atoms with E-state index in [1.165, 1.54) is 24.2 Å². The molecule has 1 N–H and O–H groups in total. The van der Waals surface area contributed by atoms with Crippen LogP contribution < -0.4 is 10.1 Å². The van der Waals surface area contributed by atoms with Crippen LogP contribution >= 0.6 is 11.3 Å². The summed E-state index contributed by atoms with van der Waals surface area (Å²) in [7, 11) is 3.65. The molecule has 2 aliphatic rings. The summed E-state index contributed by atoms with van der Waals surface area (Å²) in [4.78, 5) is 39.8. The number of ether oxygens (including phenoxy) is 1. The third-order valence-corrected chi connectivity index (χ3v) is 8.19. The molecule has 0 unspecified atom stereocenters. The zero-order chi connectivity index (χ0) is 25.8. The summed E-state index contributed by atoms with van der Waals surface area (Å²) in [6.07, 6.45) is 8.80. The number of thiophene rings is 1. The number of piperazine rings is 1. The van der Waals surface area contributed by atoms with Crippen LogP contribution in [-0.4, -0.2) is 71.9 Å². The molecule has 8 nitrogen and oxygen atoms in total. The van der Waals surface area contributed by atoms with Gasteiger partial charge in [-0.3, -0.25) is 14.6 Å². The third-order valence-electron chi connectivity index (χ3n) is 7.24. The van der Waals surface area contributed by atoms with E-state index < -0.39 is 0 Å². The molecular formula is C28H33N5O3S. The Labute approximate surface area is 221 Å². The molecule has 9 heteroatoms. The second-order valence-electron chi connectivity index (χ2n) is 9.90. The number of nitrogens with one attached hydrogen (secondary N) is 1. The Morgan fingerprint density at radius 2 is 1.84 bits per heavy atom. The minimum absolute atomic E-state index is 0.0163. The van der Waals surface area contributed by atoms with Gasteiger partial charge in [-0.05, 0) is 44.0 Å². The van der Waals surface area contributed by atoms with E-state index in [1.54, 1.807) is 19.5 Å². The molecule has 1 saturated carbocycles. The van der Waals surface area contributed by atoms with Crippen molar-refractivity contribution in [1.82, 2.24) is 19.8 Å². The lowest BCUT2D eigenvalue weighted by atomic mass is 10.0. The molecular weight excluding hydrogens is 486 g/mol. The molecule has 2 aromatic heterocycles. The molecule has 0 spiro atoms. The molecule has 37 heavy (non-hydrogen) atoms. The molecule has 3 aromatic rings. The number of anilines is 1. The highest BCUT2D eigenvalue weighted by atomic mass is 32.1. The molecule has 3 heterocycles. The van der Waals surface area contributed by atoms with Crippen molar-refractivity contribution in [2.75, 3.05) is 45.7 Å². The molecule has 1 aromatic carbocycles. The lowest BCUT2D eigenvalue weighted by Crippen LogP contribution is -2.47. The lowest BCUT2D eigenvalue weighted by molar-refractivity contribution is -0.117. The molecule has 0 radical (unpaired) electrons. The Bertz CT molecular complexity index is 1260. The first-order valence-corrected chi connectivity index (χ1v) is 13.7. The minimum atomic E-state index is -0.0163. The number of carbonyl (C=O) groups excluding carboxylic acids is 2. The van der Waals surface area contributed by atoms with Crippen LogP contribution in [0.1, 0.15) is 42.5 Å². The molecule has 0 atom stereocenters. The maximum atomic E-state index is 13.1. The summed E-state index contributed by atoms with van der Waals surface area (Å²) in [6.45, 7) is 3.14. The van der Waals surface area contributed by atoms with Crippen molar-refractivity contribution in [3.63, 3.8) is 0 Å². The van der Waals surface area contributed by atoms with Gasteiger partial charge in [0, 0.05) is 43.5 Å². The van der Waals surface area contributed by atoms with Crippen molar-refractivity contribution in [3.05, 3.63) is 47.6 Å². The van der Waals surface area contributed by atoms with Gasteiger partial charge in [-0.15, -0.1) is 11.3 Å². The maximum absolute atomic E-state index is 13.1. The van der Waals surface area contributed by atoms with E-state index in [9.17, 15) is 9.59 Å². The second kappa shape index (κ2) is 11.4. The number of aromatic nitrogens is 2. The summed E-state index contributed by atoms with van der Waals surface area (Å²) < 4.78 is 5.60. The zero-order valence-electron chi connectivity index (χ0n) is 21.4. The number of benzene rings is 1. The predicted octanol–water partition coefficient (Wildman–Crippen LogP) is 4.79. The van der Waals surface area contributed by atoms with Crippen LogP contribution in [0.15, 0.2) is 42.0 Å². The number of hydrogen-bond acceptors (Lipinski definition) is 7. The van der Waals surface area contributed by atoms with Gasteiger partial charge in [0.2, 0.25) is 5.91 Å².